The minimum atomic E-state index is 0.843. The summed E-state index contributed by atoms with van der Waals surface area (Å²) in [6.07, 6.45) is 0. The van der Waals surface area contributed by atoms with E-state index in [4.69, 9.17) is 9.47 Å². The van der Waals surface area contributed by atoms with Gasteiger partial charge in [-0.15, -0.1) is 0 Å². The molecule has 2 aromatic rings. The second-order valence-electron chi connectivity index (χ2n) is 4.30. The molecule has 0 fully saturated rings. The Morgan fingerprint density at radius 3 is 1.29 bits per heavy atom. The van der Waals surface area contributed by atoms with Crippen molar-refractivity contribution in [2.75, 3.05) is 14.2 Å². The van der Waals surface area contributed by atoms with E-state index in [2.05, 4.69) is 29.6 Å². The molecular weight excluding hydrogens is 262 g/mol. The molecule has 0 spiro atoms. The fourth-order valence-corrected chi connectivity index (χ4v) is 1.84. The molecule has 3 nitrogen and oxygen atoms in total. The topological polar surface area (TPSA) is 30.5 Å². The zero-order chi connectivity index (χ0) is 15.5. The van der Waals surface area contributed by atoms with E-state index in [9.17, 15) is 0 Å². The highest BCUT2D eigenvalue weighted by Crippen LogP contribution is 2.12. The molecule has 0 aliphatic rings. The zero-order valence-corrected chi connectivity index (χ0v) is 13.3. The first-order valence-electron chi connectivity index (χ1n) is 7.28. The largest absolute Gasteiger partial charge is 0.497 e. The van der Waals surface area contributed by atoms with Crippen LogP contribution < -0.4 is 14.8 Å². The number of methoxy groups -OCH3 is 2. The van der Waals surface area contributed by atoms with Crippen molar-refractivity contribution < 1.29 is 9.47 Å². The lowest BCUT2D eigenvalue weighted by molar-refractivity contribution is 0.414. The maximum absolute atomic E-state index is 5.13. The molecule has 0 saturated heterocycles. The Labute approximate surface area is 127 Å². The summed E-state index contributed by atoms with van der Waals surface area (Å²) in [7, 11) is 3.36. The van der Waals surface area contributed by atoms with Gasteiger partial charge in [0.15, 0.2) is 0 Å². The van der Waals surface area contributed by atoms with Gasteiger partial charge in [0, 0.05) is 13.1 Å². The number of ether oxygens (including phenoxy) is 2. The Hall–Kier alpha value is -2.00. The van der Waals surface area contributed by atoms with Crippen molar-refractivity contribution in [3.63, 3.8) is 0 Å². The Morgan fingerprint density at radius 2 is 1.00 bits per heavy atom. The highest BCUT2D eigenvalue weighted by Gasteiger charge is 1.96. The molecule has 0 atom stereocenters. The fourth-order valence-electron chi connectivity index (χ4n) is 1.84. The molecule has 21 heavy (non-hydrogen) atoms. The van der Waals surface area contributed by atoms with Crippen LogP contribution >= 0.6 is 0 Å². The molecule has 0 bridgehead atoms. The second-order valence-corrected chi connectivity index (χ2v) is 4.30. The van der Waals surface area contributed by atoms with Crippen LogP contribution in [0.2, 0.25) is 0 Å². The predicted molar refractivity (Wildman–Crippen MR) is 87.9 cm³/mol. The SMILES string of the molecule is CC.COc1ccc(CNCc2ccc(OC)cc2)cc1. The van der Waals surface area contributed by atoms with Crippen molar-refractivity contribution in [3.05, 3.63) is 59.7 Å². The van der Waals surface area contributed by atoms with Gasteiger partial charge in [0.25, 0.3) is 0 Å². The number of hydrogen-bond acceptors (Lipinski definition) is 3. The molecule has 2 rings (SSSR count). The molecule has 2 aromatic carbocycles. The molecule has 0 saturated carbocycles. The molecule has 0 heterocycles. The van der Waals surface area contributed by atoms with Crippen molar-refractivity contribution in [2.45, 2.75) is 26.9 Å². The van der Waals surface area contributed by atoms with Gasteiger partial charge in [-0.3, -0.25) is 0 Å². The highest BCUT2D eigenvalue weighted by molar-refractivity contribution is 5.28. The highest BCUT2D eigenvalue weighted by atomic mass is 16.5. The van der Waals surface area contributed by atoms with E-state index in [-0.39, 0.29) is 0 Å². The minimum Gasteiger partial charge on any atom is -0.497 e. The van der Waals surface area contributed by atoms with Crippen molar-refractivity contribution in [1.82, 2.24) is 5.32 Å². The number of benzene rings is 2. The van der Waals surface area contributed by atoms with Crippen LogP contribution in [0.15, 0.2) is 48.5 Å². The third-order valence-corrected chi connectivity index (χ3v) is 2.98. The molecule has 0 unspecified atom stereocenters. The van der Waals surface area contributed by atoms with Gasteiger partial charge in [-0.1, -0.05) is 38.1 Å². The van der Waals surface area contributed by atoms with Gasteiger partial charge in [-0.05, 0) is 35.4 Å². The van der Waals surface area contributed by atoms with Gasteiger partial charge in [0.05, 0.1) is 14.2 Å². The smallest absolute Gasteiger partial charge is 0.118 e. The van der Waals surface area contributed by atoms with Crippen LogP contribution in [0.1, 0.15) is 25.0 Å². The Morgan fingerprint density at radius 1 is 0.667 bits per heavy atom. The molecule has 3 heteroatoms. The van der Waals surface area contributed by atoms with E-state index in [1.807, 2.05) is 38.1 Å². The van der Waals surface area contributed by atoms with Gasteiger partial charge in [-0.2, -0.15) is 0 Å². The third-order valence-electron chi connectivity index (χ3n) is 2.98. The first-order chi connectivity index (χ1) is 10.3. The lowest BCUT2D eigenvalue weighted by Crippen LogP contribution is -2.12. The van der Waals surface area contributed by atoms with Crippen LogP contribution in [0.3, 0.4) is 0 Å². The van der Waals surface area contributed by atoms with E-state index in [0.29, 0.717) is 0 Å². The van der Waals surface area contributed by atoms with E-state index >= 15 is 0 Å². The van der Waals surface area contributed by atoms with Crippen LogP contribution in [0, 0.1) is 0 Å². The third kappa shape index (κ3) is 5.88. The van der Waals surface area contributed by atoms with E-state index < -0.39 is 0 Å². The van der Waals surface area contributed by atoms with Crippen LogP contribution in [0.5, 0.6) is 11.5 Å². The van der Waals surface area contributed by atoms with Crippen LogP contribution in [0.25, 0.3) is 0 Å². The molecule has 0 radical (unpaired) electrons. The van der Waals surface area contributed by atoms with Crippen molar-refractivity contribution in [2.24, 2.45) is 0 Å². The van der Waals surface area contributed by atoms with E-state index in [1.165, 1.54) is 11.1 Å². The standard InChI is InChI=1S/C16H19NO2.C2H6/c1-18-15-7-3-13(4-8-15)11-17-12-14-5-9-16(19-2)10-6-14;1-2/h3-10,17H,11-12H2,1-2H3;1-2H3. The Bertz CT molecular complexity index is 444. The van der Waals surface area contributed by atoms with Gasteiger partial charge in [0.1, 0.15) is 11.5 Å². The molecule has 0 amide bonds. The van der Waals surface area contributed by atoms with E-state index in [0.717, 1.165) is 24.6 Å². The first-order valence-corrected chi connectivity index (χ1v) is 7.28. The van der Waals surface area contributed by atoms with Crippen molar-refractivity contribution >= 4 is 0 Å². The number of hydrogen-bond donors (Lipinski definition) is 1. The summed E-state index contributed by atoms with van der Waals surface area (Å²) in [4.78, 5) is 0. The molecule has 0 aromatic heterocycles. The maximum Gasteiger partial charge on any atom is 0.118 e. The monoisotopic (exact) mass is 287 g/mol. The summed E-state index contributed by atoms with van der Waals surface area (Å²) in [5.41, 5.74) is 2.49. The molecule has 0 aliphatic carbocycles. The zero-order valence-electron chi connectivity index (χ0n) is 13.3. The summed E-state index contributed by atoms with van der Waals surface area (Å²) in [6.45, 7) is 5.69. The molecular formula is C18H25NO2. The molecule has 0 aliphatic heterocycles. The van der Waals surface area contributed by atoms with Gasteiger partial charge >= 0.3 is 0 Å². The summed E-state index contributed by atoms with van der Waals surface area (Å²) < 4.78 is 10.3. The predicted octanol–water partition coefficient (Wildman–Crippen LogP) is 4.02. The summed E-state index contributed by atoms with van der Waals surface area (Å²) in [5, 5.41) is 3.41. The minimum absolute atomic E-state index is 0.843. The Kier molecular flexibility index (Phi) is 7.99. The van der Waals surface area contributed by atoms with E-state index in [1.54, 1.807) is 14.2 Å². The van der Waals surface area contributed by atoms with Gasteiger partial charge < -0.3 is 14.8 Å². The normalized spacial score (nSPS) is 9.52. The average Bonchev–Trinajstić information content (AvgIpc) is 2.58. The fraction of sp³-hybridized carbons (Fsp3) is 0.333. The average molecular weight is 287 g/mol. The van der Waals surface area contributed by atoms with Crippen LogP contribution in [0.4, 0.5) is 0 Å². The maximum atomic E-state index is 5.13. The quantitative estimate of drug-likeness (QED) is 0.870. The lowest BCUT2D eigenvalue weighted by Gasteiger charge is -2.07. The van der Waals surface area contributed by atoms with Crippen LogP contribution in [-0.4, -0.2) is 14.2 Å². The van der Waals surface area contributed by atoms with Crippen molar-refractivity contribution in [3.8, 4) is 11.5 Å². The van der Waals surface area contributed by atoms with Crippen molar-refractivity contribution in [1.29, 1.82) is 0 Å². The molecule has 1 N–H and O–H groups in total. The summed E-state index contributed by atoms with van der Waals surface area (Å²) in [5.74, 6) is 1.78. The summed E-state index contributed by atoms with van der Waals surface area (Å²) in [6, 6.07) is 16.2. The van der Waals surface area contributed by atoms with Gasteiger partial charge in [-0.25, -0.2) is 0 Å². The molecule has 114 valence electrons. The lowest BCUT2D eigenvalue weighted by atomic mass is 10.2. The number of nitrogens with one attached hydrogen (secondary N) is 1. The van der Waals surface area contributed by atoms with Crippen LogP contribution in [-0.2, 0) is 13.1 Å². The Balaban J connectivity index is 0.00000106. The first kappa shape index (κ1) is 17.1. The van der Waals surface area contributed by atoms with Gasteiger partial charge in [0.2, 0.25) is 0 Å². The number of rotatable bonds is 6. The second kappa shape index (κ2) is 9.83. The summed E-state index contributed by atoms with van der Waals surface area (Å²) >= 11 is 0.